The van der Waals surface area contributed by atoms with Gasteiger partial charge in [0.1, 0.15) is 11.5 Å². The highest BCUT2D eigenvalue weighted by molar-refractivity contribution is 5.92. The summed E-state index contributed by atoms with van der Waals surface area (Å²) >= 11 is 0. The van der Waals surface area contributed by atoms with Crippen LogP contribution in [0.2, 0.25) is 0 Å². The molecule has 1 aliphatic heterocycles. The van der Waals surface area contributed by atoms with Gasteiger partial charge in [-0.15, -0.1) is 0 Å². The molecule has 7 heteroatoms. The van der Waals surface area contributed by atoms with E-state index in [9.17, 15) is 14.0 Å². The molecule has 2 amide bonds. The van der Waals surface area contributed by atoms with E-state index in [4.69, 9.17) is 0 Å². The van der Waals surface area contributed by atoms with Crippen LogP contribution in [-0.4, -0.2) is 57.6 Å². The molecule has 0 spiro atoms. The average Bonchev–Trinajstić information content (AvgIpc) is 3.28. The van der Waals surface area contributed by atoms with Crippen molar-refractivity contribution in [3.8, 4) is 5.69 Å². The number of hydrogen-bond acceptors (Lipinski definition) is 3. The number of nitrogens with zero attached hydrogens (tertiary/aromatic N) is 4. The Bertz CT molecular complexity index is 1020. The summed E-state index contributed by atoms with van der Waals surface area (Å²) in [4.78, 5) is 30.3. The van der Waals surface area contributed by atoms with Crippen LogP contribution in [0.15, 0.2) is 36.5 Å². The average molecular weight is 437 g/mol. The van der Waals surface area contributed by atoms with Gasteiger partial charge in [0.15, 0.2) is 5.69 Å². The van der Waals surface area contributed by atoms with Gasteiger partial charge in [0, 0.05) is 32.4 Å². The van der Waals surface area contributed by atoms with Gasteiger partial charge in [-0.05, 0) is 74.5 Å². The maximum absolute atomic E-state index is 14.0. The summed E-state index contributed by atoms with van der Waals surface area (Å²) in [6.07, 6.45) is 8.81. The van der Waals surface area contributed by atoms with Crippen molar-refractivity contribution in [1.82, 2.24) is 19.6 Å². The Balaban J connectivity index is 1.11. The summed E-state index contributed by atoms with van der Waals surface area (Å²) in [5, 5.41) is 4.30. The highest BCUT2D eigenvalue weighted by Crippen LogP contribution is 2.60. The van der Waals surface area contributed by atoms with Crippen LogP contribution in [0, 0.1) is 29.0 Å². The van der Waals surface area contributed by atoms with Gasteiger partial charge in [-0.3, -0.25) is 9.59 Å². The van der Waals surface area contributed by atoms with Crippen LogP contribution < -0.4 is 0 Å². The second-order valence-electron chi connectivity index (χ2n) is 10.4. The summed E-state index contributed by atoms with van der Waals surface area (Å²) < 4.78 is 15.4. The van der Waals surface area contributed by atoms with Crippen LogP contribution in [0.4, 0.5) is 4.39 Å². The molecule has 5 aliphatic rings. The van der Waals surface area contributed by atoms with Gasteiger partial charge in [-0.2, -0.15) is 5.10 Å². The molecular weight excluding hydrogens is 407 g/mol. The van der Waals surface area contributed by atoms with Gasteiger partial charge in [-0.25, -0.2) is 9.07 Å². The zero-order valence-electron chi connectivity index (χ0n) is 18.3. The molecule has 32 heavy (non-hydrogen) atoms. The fourth-order valence-electron chi connectivity index (χ4n) is 7.19. The van der Waals surface area contributed by atoms with E-state index in [1.807, 2.05) is 4.90 Å². The number of rotatable bonds is 3. The third-order valence-electron chi connectivity index (χ3n) is 8.25. The summed E-state index contributed by atoms with van der Waals surface area (Å²) in [6.45, 7) is 2.20. The van der Waals surface area contributed by atoms with Crippen molar-refractivity contribution in [3.05, 3.63) is 48.0 Å². The minimum atomic E-state index is -0.383. The van der Waals surface area contributed by atoms with Gasteiger partial charge in [-0.1, -0.05) is 12.1 Å². The van der Waals surface area contributed by atoms with Crippen LogP contribution in [0.5, 0.6) is 0 Å². The lowest BCUT2D eigenvalue weighted by Crippen LogP contribution is -2.58. The molecule has 4 bridgehead atoms. The zero-order chi connectivity index (χ0) is 21.9. The summed E-state index contributed by atoms with van der Waals surface area (Å²) in [6, 6.07) is 7.99. The molecule has 6 nitrogen and oxygen atoms in total. The molecule has 0 N–H and O–H groups in total. The van der Waals surface area contributed by atoms with Crippen molar-refractivity contribution in [2.75, 3.05) is 26.2 Å². The highest BCUT2D eigenvalue weighted by atomic mass is 19.1. The van der Waals surface area contributed by atoms with Crippen molar-refractivity contribution in [3.63, 3.8) is 0 Å². The lowest BCUT2D eigenvalue weighted by Gasteiger charge is -2.57. The molecule has 0 unspecified atom stereocenters. The van der Waals surface area contributed by atoms with E-state index in [-0.39, 0.29) is 17.1 Å². The number of halogens is 1. The number of piperazine rings is 1. The minimum Gasteiger partial charge on any atom is -0.339 e. The summed E-state index contributed by atoms with van der Waals surface area (Å²) in [5.41, 5.74) is 0.492. The highest BCUT2D eigenvalue weighted by Gasteiger charge is 2.55. The Morgan fingerprint density at radius 2 is 1.47 bits per heavy atom. The summed E-state index contributed by atoms with van der Waals surface area (Å²) in [5.74, 6) is 2.04. The predicted octanol–water partition coefficient (Wildman–Crippen LogP) is 3.51. The van der Waals surface area contributed by atoms with E-state index in [1.165, 1.54) is 30.0 Å². The van der Waals surface area contributed by atoms with E-state index in [2.05, 4.69) is 5.10 Å². The number of hydrogen-bond donors (Lipinski definition) is 0. The molecule has 0 atom stereocenters. The standard InChI is InChI=1S/C25H29FN4O2/c26-20-3-1-2-4-22(20)30-6-5-21(27-30)23(31)28-7-9-29(10-8-28)24(32)25-14-17-11-18(15-25)13-19(12-17)16-25/h1-6,17-19H,7-16H2. The maximum Gasteiger partial charge on any atom is 0.274 e. The molecule has 2 aromatic rings. The van der Waals surface area contributed by atoms with Crippen molar-refractivity contribution in [1.29, 1.82) is 0 Å². The minimum absolute atomic E-state index is 0.126. The van der Waals surface area contributed by atoms with Gasteiger partial charge in [0.2, 0.25) is 5.91 Å². The van der Waals surface area contributed by atoms with Crippen LogP contribution >= 0.6 is 0 Å². The topological polar surface area (TPSA) is 58.4 Å². The fraction of sp³-hybridized carbons (Fsp3) is 0.560. The number of aromatic nitrogens is 2. The largest absolute Gasteiger partial charge is 0.339 e. The first-order valence-corrected chi connectivity index (χ1v) is 11.9. The number of carbonyl (C=O) groups excluding carboxylic acids is 2. The smallest absolute Gasteiger partial charge is 0.274 e. The second-order valence-corrected chi connectivity index (χ2v) is 10.4. The fourth-order valence-corrected chi connectivity index (χ4v) is 7.19. The molecule has 7 rings (SSSR count). The molecule has 168 valence electrons. The molecule has 1 aromatic carbocycles. The molecule has 2 heterocycles. The van der Waals surface area contributed by atoms with Crippen molar-refractivity contribution < 1.29 is 14.0 Å². The number of para-hydroxylation sites is 1. The number of benzene rings is 1. The quantitative estimate of drug-likeness (QED) is 0.740. The van der Waals surface area contributed by atoms with Crippen LogP contribution in [0.25, 0.3) is 5.69 Å². The first kappa shape index (κ1) is 19.9. The van der Waals surface area contributed by atoms with Gasteiger partial charge >= 0.3 is 0 Å². The molecule has 4 saturated carbocycles. The molecule has 5 fully saturated rings. The Kier molecular flexibility index (Phi) is 4.63. The Morgan fingerprint density at radius 3 is 2.09 bits per heavy atom. The van der Waals surface area contributed by atoms with Crippen LogP contribution in [0.1, 0.15) is 49.0 Å². The van der Waals surface area contributed by atoms with E-state index in [0.717, 1.165) is 37.0 Å². The predicted molar refractivity (Wildman–Crippen MR) is 117 cm³/mol. The first-order chi connectivity index (χ1) is 15.5. The lowest BCUT2D eigenvalue weighted by atomic mass is 9.49. The third-order valence-corrected chi connectivity index (χ3v) is 8.25. The lowest BCUT2D eigenvalue weighted by molar-refractivity contribution is -0.159. The van der Waals surface area contributed by atoms with Crippen LogP contribution in [0.3, 0.4) is 0 Å². The Labute approximate surface area is 187 Å². The van der Waals surface area contributed by atoms with Gasteiger partial charge in [0.25, 0.3) is 5.91 Å². The maximum atomic E-state index is 14.0. The molecular formula is C25H29FN4O2. The first-order valence-electron chi connectivity index (χ1n) is 11.9. The summed E-state index contributed by atoms with van der Waals surface area (Å²) in [7, 11) is 0. The second kappa shape index (κ2) is 7.42. The monoisotopic (exact) mass is 436 g/mol. The van der Waals surface area contributed by atoms with Gasteiger partial charge < -0.3 is 9.80 Å². The van der Waals surface area contributed by atoms with Gasteiger partial charge in [0.05, 0.1) is 5.41 Å². The Morgan fingerprint density at radius 1 is 0.875 bits per heavy atom. The Hall–Kier alpha value is -2.70. The molecule has 4 aliphatic carbocycles. The van der Waals surface area contributed by atoms with Crippen molar-refractivity contribution in [2.24, 2.45) is 23.2 Å². The van der Waals surface area contributed by atoms with E-state index in [1.54, 1.807) is 35.4 Å². The SMILES string of the molecule is O=C(c1ccn(-c2ccccc2F)n1)N1CCN(C(=O)C23CC4CC(CC(C4)C2)C3)CC1. The van der Waals surface area contributed by atoms with Crippen molar-refractivity contribution in [2.45, 2.75) is 38.5 Å². The van der Waals surface area contributed by atoms with Crippen molar-refractivity contribution >= 4 is 11.8 Å². The number of carbonyl (C=O) groups is 2. The van der Waals surface area contributed by atoms with E-state index < -0.39 is 0 Å². The normalized spacial score (nSPS) is 31.2. The van der Waals surface area contributed by atoms with E-state index in [0.29, 0.717) is 43.5 Å². The molecule has 1 aromatic heterocycles. The van der Waals surface area contributed by atoms with Crippen LogP contribution in [-0.2, 0) is 4.79 Å². The molecule has 0 radical (unpaired) electrons. The third kappa shape index (κ3) is 3.24. The van der Waals surface area contributed by atoms with E-state index >= 15 is 0 Å². The number of amides is 2. The zero-order valence-corrected chi connectivity index (χ0v) is 18.3. The molecule has 1 saturated heterocycles.